The molecule has 6 heteroatoms. The van der Waals surface area contributed by atoms with Gasteiger partial charge in [-0.2, -0.15) is 4.98 Å². The Morgan fingerprint density at radius 3 is 2.96 bits per heavy atom. The number of amides is 1. The van der Waals surface area contributed by atoms with Crippen molar-refractivity contribution < 1.29 is 9.32 Å². The third-order valence-electron chi connectivity index (χ3n) is 5.18. The molecule has 2 atom stereocenters. The van der Waals surface area contributed by atoms with Crippen LogP contribution in [0.3, 0.4) is 0 Å². The summed E-state index contributed by atoms with van der Waals surface area (Å²) in [4.78, 5) is 21.2. The van der Waals surface area contributed by atoms with Crippen molar-refractivity contribution >= 4 is 5.91 Å². The number of rotatable bonds is 5. The highest BCUT2D eigenvalue weighted by atomic mass is 16.5. The van der Waals surface area contributed by atoms with Gasteiger partial charge in [0.25, 0.3) is 0 Å². The lowest BCUT2D eigenvalue weighted by Crippen LogP contribution is -2.35. The van der Waals surface area contributed by atoms with Crippen LogP contribution in [0, 0.1) is 12.8 Å². The number of carbonyl (C=O) groups is 1. The summed E-state index contributed by atoms with van der Waals surface area (Å²) in [6.45, 7) is 4.25. The van der Waals surface area contributed by atoms with Gasteiger partial charge in [-0.1, -0.05) is 17.3 Å². The third-order valence-corrected chi connectivity index (χ3v) is 5.18. The van der Waals surface area contributed by atoms with Crippen LogP contribution >= 0.6 is 0 Å². The van der Waals surface area contributed by atoms with E-state index in [9.17, 15) is 4.79 Å². The lowest BCUT2D eigenvalue weighted by atomic mass is 10.0. The largest absolute Gasteiger partial charge is 0.343 e. The Bertz CT molecular complexity index is 583. The lowest BCUT2D eigenvalue weighted by Gasteiger charge is -2.26. The van der Waals surface area contributed by atoms with Gasteiger partial charge >= 0.3 is 0 Å². The summed E-state index contributed by atoms with van der Waals surface area (Å²) in [7, 11) is 2.11. The maximum absolute atomic E-state index is 12.5. The van der Waals surface area contributed by atoms with Gasteiger partial charge in [-0.05, 0) is 45.1 Å². The number of hydrogen-bond acceptors (Lipinski definition) is 5. The highest BCUT2D eigenvalue weighted by molar-refractivity contribution is 5.76. The van der Waals surface area contributed by atoms with Crippen molar-refractivity contribution in [2.75, 3.05) is 20.1 Å². The number of likely N-dealkylation sites (tertiary alicyclic amines) is 1. The zero-order chi connectivity index (χ0) is 16.9. The quantitative estimate of drug-likeness (QED) is 0.776. The van der Waals surface area contributed by atoms with Gasteiger partial charge in [0.2, 0.25) is 11.8 Å². The standard InChI is InChI=1S/C18H28N4O2/c1-14-19-17(20-24-14)13-21(2)16-8-5-10-22(11-9-16)18(23)12-15-6-3-4-7-15/h3,6,15-16H,4-5,7-13H2,1-2H3/t15-,16-/m1/s1. The topological polar surface area (TPSA) is 62.5 Å². The number of carbonyl (C=O) groups excluding carboxylic acids is 1. The van der Waals surface area contributed by atoms with Crippen LogP contribution in [0.5, 0.6) is 0 Å². The van der Waals surface area contributed by atoms with Crippen molar-refractivity contribution in [3.8, 4) is 0 Å². The second-order valence-electron chi connectivity index (χ2n) is 7.08. The minimum Gasteiger partial charge on any atom is -0.343 e. The number of hydrogen-bond donors (Lipinski definition) is 0. The number of aryl methyl sites for hydroxylation is 1. The molecule has 1 fully saturated rings. The molecule has 132 valence electrons. The van der Waals surface area contributed by atoms with Crippen molar-refractivity contribution in [2.45, 2.75) is 58.0 Å². The number of allylic oxidation sites excluding steroid dienone is 2. The molecule has 1 aromatic heterocycles. The molecule has 6 nitrogen and oxygen atoms in total. The molecule has 0 radical (unpaired) electrons. The van der Waals surface area contributed by atoms with E-state index < -0.39 is 0 Å². The van der Waals surface area contributed by atoms with Gasteiger partial charge < -0.3 is 9.42 Å². The molecular formula is C18H28N4O2. The van der Waals surface area contributed by atoms with E-state index in [0.29, 0.717) is 36.7 Å². The summed E-state index contributed by atoms with van der Waals surface area (Å²) in [5.41, 5.74) is 0. The second-order valence-corrected chi connectivity index (χ2v) is 7.08. The van der Waals surface area contributed by atoms with Crippen LogP contribution in [0.15, 0.2) is 16.7 Å². The molecule has 0 unspecified atom stereocenters. The van der Waals surface area contributed by atoms with E-state index in [4.69, 9.17) is 4.52 Å². The van der Waals surface area contributed by atoms with E-state index in [-0.39, 0.29) is 0 Å². The molecule has 0 aromatic carbocycles. The van der Waals surface area contributed by atoms with Gasteiger partial charge in [-0.15, -0.1) is 0 Å². The van der Waals surface area contributed by atoms with E-state index in [1.165, 1.54) is 0 Å². The van der Waals surface area contributed by atoms with Crippen molar-refractivity contribution in [2.24, 2.45) is 5.92 Å². The smallest absolute Gasteiger partial charge is 0.223 e. The van der Waals surface area contributed by atoms with Gasteiger partial charge in [0.15, 0.2) is 5.82 Å². The predicted molar refractivity (Wildman–Crippen MR) is 91.2 cm³/mol. The fraction of sp³-hybridized carbons (Fsp3) is 0.722. The molecule has 2 heterocycles. The molecule has 3 rings (SSSR count). The van der Waals surface area contributed by atoms with Gasteiger partial charge in [0.1, 0.15) is 0 Å². The Morgan fingerprint density at radius 2 is 2.25 bits per heavy atom. The average molecular weight is 332 g/mol. The normalized spacial score (nSPS) is 24.5. The molecular weight excluding hydrogens is 304 g/mol. The summed E-state index contributed by atoms with van der Waals surface area (Å²) in [6, 6.07) is 0.466. The zero-order valence-electron chi connectivity index (χ0n) is 14.8. The van der Waals surface area contributed by atoms with Gasteiger partial charge in [-0.25, -0.2) is 0 Å². The molecule has 1 aromatic rings. The van der Waals surface area contributed by atoms with Crippen LogP contribution < -0.4 is 0 Å². The molecule has 2 aliphatic rings. The molecule has 0 saturated carbocycles. The number of nitrogens with zero attached hydrogens (tertiary/aromatic N) is 4. The van der Waals surface area contributed by atoms with Crippen LogP contribution in [0.4, 0.5) is 0 Å². The molecule has 0 bridgehead atoms. The van der Waals surface area contributed by atoms with Crippen LogP contribution in [0.25, 0.3) is 0 Å². The zero-order valence-corrected chi connectivity index (χ0v) is 14.8. The third kappa shape index (κ3) is 4.44. The average Bonchev–Trinajstić information content (AvgIpc) is 3.12. The lowest BCUT2D eigenvalue weighted by molar-refractivity contribution is -0.131. The van der Waals surface area contributed by atoms with Crippen molar-refractivity contribution in [1.82, 2.24) is 19.9 Å². The maximum atomic E-state index is 12.5. The Kier molecular flexibility index (Phi) is 5.66. The van der Waals surface area contributed by atoms with E-state index in [1.54, 1.807) is 0 Å². The Balaban J connectivity index is 1.48. The minimum atomic E-state index is 0.323. The molecule has 1 saturated heterocycles. The van der Waals surface area contributed by atoms with E-state index in [1.807, 2.05) is 6.92 Å². The van der Waals surface area contributed by atoms with E-state index >= 15 is 0 Å². The van der Waals surface area contributed by atoms with Crippen LogP contribution in [-0.2, 0) is 11.3 Å². The summed E-state index contributed by atoms with van der Waals surface area (Å²) < 4.78 is 5.04. The molecule has 1 aliphatic heterocycles. The van der Waals surface area contributed by atoms with Gasteiger partial charge in [0, 0.05) is 32.5 Å². The second kappa shape index (κ2) is 7.92. The Hall–Kier alpha value is -1.69. The SMILES string of the molecule is Cc1nc(CN(C)[C@@H]2CCCN(C(=O)C[C@@H]3C=CCC3)CC2)no1. The first-order chi connectivity index (χ1) is 11.6. The van der Waals surface area contributed by atoms with Crippen LogP contribution in [0.2, 0.25) is 0 Å². The van der Waals surface area contributed by atoms with Crippen molar-refractivity contribution in [3.63, 3.8) is 0 Å². The molecule has 0 spiro atoms. The fourth-order valence-corrected chi connectivity index (χ4v) is 3.75. The van der Waals surface area contributed by atoms with Crippen LogP contribution in [-0.4, -0.2) is 52.0 Å². The molecule has 0 N–H and O–H groups in total. The first kappa shape index (κ1) is 17.1. The first-order valence-electron chi connectivity index (χ1n) is 9.05. The summed E-state index contributed by atoms with van der Waals surface area (Å²) in [5, 5.41) is 3.98. The summed E-state index contributed by atoms with van der Waals surface area (Å²) in [6.07, 6.45) is 10.5. The fourth-order valence-electron chi connectivity index (χ4n) is 3.75. The predicted octanol–water partition coefficient (Wildman–Crippen LogP) is 2.55. The number of aromatic nitrogens is 2. The van der Waals surface area contributed by atoms with Crippen molar-refractivity contribution in [1.29, 1.82) is 0 Å². The van der Waals surface area contributed by atoms with E-state index in [0.717, 1.165) is 51.0 Å². The van der Waals surface area contributed by atoms with Crippen molar-refractivity contribution in [3.05, 3.63) is 23.9 Å². The first-order valence-corrected chi connectivity index (χ1v) is 9.05. The highest BCUT2D eigenvalue weighted by Crippen LogP contribution is 2.23. The molecule has 24 heavy (non-hydrogen) atoms. The molecule has 1 aliphatic carbocycles. The molecule has 1 amide bonds. The van der Waals surface area contributed by atoms with Gasteiger partial charge in [0.05, 0.1) is 6.54 Å². The van der Waals surface area contributed by atoms with E-state index in [2.05, 4.69) is 39.1 Å². The monoisotopic (exact) mass is 332 g/mol. The van der Waals surface area contributed by atoms with Crippen LogP contribution in [0.1, 0.15) is 50.2 Å². The highest BCUT2D eigenvalue weighted by Gasteiger charge is 2.25. The summed E-state index contributed by atoms with van der Waals surface area (Å²) in [5.74, 6) is 2.13. The summed E-state index contributed by atoms with van der Waals surface area (Å²) >= 11 is 0. The maximum Gasteiger partial charge on any atom is 0.223 e. The Morgan fingerprint density at radius 1 is 1.38 bits per heavy atom. The minimum absolute atomic E-state index is 0.323. The van der Waals surface area contributed by atoms with Gasteiger partial charge in [-0.3, -0.25) is 9.69 Å². The Labute approximate surface area is 143 Å².